The molecule has 1 N–H and O–H groups in total. The second-order valence-electron chi connectivity index (χ2n) is 6.44. The molecule has 3 heterocycles. The molecule has 8 nitrogen and oxygen atoms in total. The maximum atomic E-state index is 12.3. The van der Waals surface area contributed by atoms with Gasteiger partial charge in [0.25, 0.3) is 0 Å². The molecule has 1 amide bonds. The molecule has 24 heavy (non-hydrogen) atoms. The normalized spacial score (nSPS) is 27.7. The highest BCUT2D eigenvalue weighted by Gasteiger charge is 2.43. The minimum atomic E-state index is -3.21. The first kappa shape index (κ1) is 17.2. The standard InChI is InChI=1S/C15H22N4O4S/c1-10-6-17-12(7-16-10)8-18-15(20)13-5-11-3-4-19(24(2,21)22)9-14(11)23-13/h6-7,11,13-14H,3-5,8-9H2,1-2H3,(H,18,20)/t11-,13-,14+/m0/s1. The molecule has 0 saturated carbocycles. The van der Waals surface area contributed by atoms with Crippen LogP contribution in [-0.4, -0.2) is 60.2 Å². The largest absolute Gasteiger partial charge is 0.363 e. The summed E-state index contributed by atoms with van der Waals surface area (Å²) in [5.41, 5.74) is 1.51. The molecule has 0 bridgehead atoms. The summed E-state index contributed by atoms with van der Waals surface area (Å²) in [7, 11) is -3.21. The topological polar surface area (TPSA) is 101 Å². The Morgan fingerprint density at radius 3 is 2.88 bits per heavy atom. The van der Waals surface area contributed by atoms with E-state index in [1.807, 2.05) is 6.92 Å². The first-order chi connectivity index (χ1) is 11.3. The summed E-state index contributed by atoms with van der Waals surface area (Å²) in [5.74, 6) is 0.0515. The van der Waals surface area contributed by atoms with Crippen molar-refractivity contribution in [2.24, 2.45) is 5.92 Å². The summed E-state index contributed by atoms with van der Waals surface area (Å²) in [4.78, 5) is 20.6. The molecule has 2 aliphatic heterocycles. The van der Waals surface area contributed by atoms with Crippen LogP contribution in [0.4, 0.5) is 0 Å². The number of sulfonamides is 1. The van der Waals surface area contributed by atoms with Crippen LogP contribution in [0.2, 0.25) is 0 Å². The Labute approximate surface area is 141 Å². The first-order valence-electron chi connectivity index (χ1n) is 7.99. The van der Waals surface area contributed by atoms with Crippen molar-refractivity contribution in [1.29, 1.82) is 0 Å². The lowest BCUT2D eigenvalue weighted by Gasteiger charge is -2.32. The molecular formula is C15H22N4O4S. The van der Waals surface area contributed by atoms with Gasteiger partial charge in [-0.25, -0.2) is 8.42 Å². The molecule has 0 aliphatic carbocycles. The van der Waals surface area contributed by atoms with E-state index < -0.39 is 16.1 Å². The smallest absolute Gasteiger partial charge is 0.249 e. The summed E-state index contributed by atoms with van der Waals surface area (Å²) in [5, 5.41) is 2.81. The van der Waals surface area contributed by atoms with Gasteiger partial charge in [0, 0.05) is 19.3 Å². The van der Waals surface area contributed by atoms with E-state index in [1.165, 1.54) is 10.6 Å². The Balaban J connectivity index is 1.53. The van der Waals surface area contributed by atoms with E-state index in [0.717, 1.165) is 12.1 Å². The second-order valence-corrected chi connectivity index (χ2v) is 8.42. The quantitative estimate of drug-likeness (QED) is 0.806. The number of carbonyl (C=O) groups excluding carboxylic acids is 1. The van der Waals surface area contributed by atoms with Gasteiger partial charge in [-0.05, 0) is 25.7 Å². The molecule has 0 unspecified atom stereocenters. The van der Waals surface area contributed by atoms with Gasteiger partial charge in [0.05, 0.1) is 36.5 Å². The lowest BCUT2D eigenvalue weighted by atomic mass is 9.93. The average molecular weight is 354 g/mol. The predicted molar refractivity (Wildman–Crippen MR) is 86.4 cm³/mol. The molecule has 2 fully saturated rings. The Hall–Kier alpha value is -1.58. The van der Waals surface area contributed by atoms with Gasteiger partial charge in [-0.1, -0.05) is 0 Å². The monoisotopic (exact) mass is 354 g/mol. The molecule has 3 atom stereocenters. The van der Waals surface area contributed by atoms with E-state index in [4.69, 9.17) is 4.74 Å². The fraction of sp³-hybridized carbons (Fsp3) is 0.667. The number of hydrogen-bond acceptors (Lipinski definition) is 6. The van der Waals surface area contributed by atoms with Crippen molar-refractivity contribution in [1.82, 2.24) is 19.6 Å². The zero-order valence-corrected chi connectivity index (χ0v) is 14.6. The number of nitrogens with zero attached hydrogens (tertiary/aromatic N) is 3. The van der Waals surface area contributed by atoms with Crippen LogP contribution < -0.4 is 5.32 Å². The minimum absolute atomic E-state index is 0.183. The van der Waals surface area contributed by atoms with Gasteiger partial charge in [0.2, 0.25) is 15.9 Å². The maximum absolute atomic E-state index is 12.3. The van der Waals surface area contributed by atoms with E-state index >= 15 is 0 Å². The Morgan fingerprint density at radius 2 is 2.21 bits per heavy atom. The number of aryl methyl sites for hydroxylation is 1. The van der Waals surface area contributed by atoms with Crippen LogP contribution in [0.15, 0.2) is 12.4 Å². The zero-order valence-electron chi connectivity index (χ0n) is 13.8. The predicted octanol–water partition coefficient (Wildman–Crippen LogP) is -0.160. The fourth-order valence-corrected chi connectivity index (χ4v) is 4.03. The highest BCUT2D eigenvalue weighted by atomic mass is 32.2. The highest BCUT2D eigenvalue weighted by Crippen LogP contribution is 2.34. The lowest BCUT2D eigenvalue weighted by Crippen LogP contribution is -2.45. The molecule has 2 saturated heterocycles. The zero-order chi connectivity index (χ0) is 17.3. The van der Waals surface area contributed by atoms with Gasteiger partial charge < -0.3 is 10.1 Å². The van der Waals surface area contributed by atoms with Crippen molar-refractivity contribution in [3.05, 3.63) is 23.8 Å². The molecule has 2 aliphatic rings. The summed E-state index contributed by atoms with van der Waals surface area (Å²) >= 11 is 0. The molecule has 0 aromatic carbocycles. The van der Waals surface area contributed by atoms with E-state index in [-0.39, 0.29) is 17.9 Å². The van der Waals surface area contributed by atoms with Crippen LogP contribution in [0, 0.1) is 12.8 Å². The van der Waals surface area contributed by atoms with Gasteiger partial charge in [-0.3, -0.25) is 14.8 Å². The number of ether oxygens (including phenoxy) is 1. The number of piperidine rings is 1. The molecule has 1 aromatic heterocycles. The lowest BCUT2D eigenvalue weighted by molar-refractivity contribution is -0.132. The van der Waals surface area contributed by atoms with Gasteiger partial charge in [-0.15, -0.1) is 0 Å². The summed E-state index contributed by atoms with van der Waals surface area (Å²) in [6, 6.07) is 0. The van der Waals surface area contributed by atoms with Crippen molar-refractivity contribution in [3.63, 3.8) is 0 Å². The Kier molecular flexibility index (Phi) is 4.84. The number of rotatable bonds is 4. The molecule has 9 heteroatoms. The van der Waals surface area contributed by atoms with Crippen molar-refractivity contribution in [3.8, 4) is 0 Å². The summed E-state index contributed by atoms with van der Waals surface area (Å²) in [6.07, 6.45) is 5.12. The number of fused-ring (bicyclic) bond motifs is 1. The average Bonchev–Trinajstić information content (AvgIpc) is 2.96. The van der Waals surface area contributed by atoms with Crippen LogP contribution in [0.1, 0.15) is 24.2 Å². The maximum Gasteiger partial charge on any atom is 0.249 e. The molecule has 1 aromatic rings. The number of amides is 1. The van der Waals surface area contributed by atoms with Crippen molar-refractivity contribution in [2.75, 3.05) is 19.3 Å². The summed E-state index contributed by atoms with van der Waals surface area (Å²) < 4.78 is 30.5. The fourth-order valence-electron chi connectivity index (χ4n) is 3.17. The van der Waals surface area contributed by atoms with Gasteiger partial charge in [0.1, 0.15) is 6.10 Å². The van der Waals surface area contributed by atoms with E-state index in [1.54, 1.807) is 12.4 Å². The Bertz CT molecular complexity index is 707. The molecule has 132 valence electrons. The SMILES string of the molecule is Cc1cnc(CNC(=O)[C@@H]2C[C@@H]3CCN(S(C)(=O)=O)C[C@H]3O2)cn1. The molecule has 3 rings (SSSR count). The number of hydrogen-bond donors (Lipinski definition) is 1. The van der Waals surface area contributed by atoms with Crippen molar-refractivity contribution in [2.45, 2.75) is 38.5 Å². The van der Waals surface area contributed by atoms with E-state index in [2.05, 4.69) is 15.3 Å². The van der Waals surface area contributed by atoms with Crippen LogP contribution in [0.5, 0.6) is 0 Å². The van der Waals surface area contributed by atoms with E-state index in [0.29, 0.717) is 31.7 Å². The van der Waals surface area contributed by atoms with Crippen LogP contribution in [0.3, 0.4) is 0 Å². The third kappa shape index (κ3) is 3.90. The van der Waals surface area contributed by atoms with Gasteiger partial charge in [-0.2, -0.15) is 4.31 Å². The number of nitrogens with one attached hydrogen (secondary N) is 1. The van der Waals surface area contributed by atoms with Crippen molar-refractivity contribution < 1.29 is 17.9 Å². The molecule has 0 radical (unpaired) electrons. The number of aromatic nitrogens is 2. The van der Waals surface area contributed by atoms with Gasteiger partial charge >= 0.3 is 0 Å². The second kappa shape index (κ2) is 6.73. The third-order valence-corrected chi connectivity index (χ3v) is 5.82. The van der Waals surface area contributed by atoms with Gasteiger partial charge in [0.15, 0.2) is 0 Å². The van der Waals surface area contributed by atoms with Crippen LogP contribution in [-0.2, 0) is 26.1 Å². The van der Waals surface area contributed by atoms with Crippen LogP contribution >= 0.6 is 0 Å². The number of carbonyl (C=O) groups is 1. The van der Waals surface area contributed by atoms with E-state index in [9.17, 15) is 13.2 Å². The van der Waals surface area contributed by atoms with Crippen molar-refractivity contribution >= 4 is 15.9 Å². The Morgan fingerprint density at radius 1 is 1.42 bits per heavy atom. The third-order valence-electron chi connectivity index (χ3n) is 4.55. The summed E-state index contributed by atoms with van der Waals surface area (Å²) in [6.45, 7) is 2.98. The first-order valence-corrected chi connectivity index (χ1v) is 9.83. The molecular weight excluding hydrogens is 332 g/mol. The molecule has 0 spiro atoms. The minimum Gasteiger partial charge on any atom is -0.363 e. The van der Waals surface area contributed by atoms with Crippen LogP contribution in [0.25, 0.3) is 0 Å². The highest BCUT2D eigenvalue weighted by molar-refractivity contribution is 7.88.